The molecule has 0 spiro atoms. The molecule has 0 atom stereocenters. The minimum Gasteiger partial charge on any atom is -0.505 e. The number of hydrogen-bond donors (Lipinski definition) is 2. The number of hydrogen-bond acceptors (Lipinski definition) is 6. The number of amides is 1. The fraction of sp³-hybridized carbons (Fsp3) is 0.333. The van der Waals surface area contributed by atoms with Crippen molar-refractivity contribution in [2.45, 2.75) is 30.6 Å². The van der Waals surface area contributed by atoms with E-state index in [0.29, 0.717) is 13.1 Å². The van der Waals surface area contributed by atoms with E-state index in [-0.39, 0.29) is 21.7 Å². The highest BCUT2D eigenvalue weighted by molar-refractivity contribution is 7.89. The van der Waals surface area contributed by atoms with Gasteiger partial charge in [0.15, 0.2) is 5.75 Å². The molecule has 2 aromatic rings. The lowest BCUT2D eigenvalue weighted by Crippen LogP contribution is -2.32. The monoisotopic (exact) mass is 432 g/mol. The Kier molecular flexibility index (Phi) is 6.73. The molecule has 1 heterocycles. The molecule has 2 aromatic carbocycles. The second kappa shape index (κ2) is 9.27. The van der Waals surface area contributed by atoms with E-state index in [4.69, 9.17) is 0 Å². The van der Waals surface area contributed by atoms with Gasteiger partial charge in [0.25, 0.3) is 5.91 Å². The van der Waals surface area contributed by atoms with Gasteiger partial charge in [0.1, 0.15) is 5.56 Å². The zero-order valence-electron chi connectivity index (χ0n) is 16.6. The molecule has 0 aliphatic carbocycles. The summed E-state index contributed by atoms with van der Waals surface area (Å²) >= 11 is 0. The lowest BCUT2D eigenvalue weighted by atomic mass is 10.1. The summed E-state index contributed by atoms with van der Waals surface area (Å²) in [4.78, 5) is 24.4. The number of ether oxygens (including phenoxy) is 1. The largest absolute Gasteiger partial charge is 0.505 e. The SMILES string of the molecule is COC(=O)c1cccc(NC(=O)c2cccc(S(=O)(=O)N3CCCCCC3)c2)c1O. The Morgan fingerprint density at radius 3 is 2.37 bits per heavy atom. The molecule has 1 aliphatic rings. The highest BCUT2D eigenvalue weighted by Crippen LogP contribution is 2.29. The van der Waals surface area contributed by atoms with Crippen LogP contribution in [0.5, 0.6) is 5.75 Å². The Bertz CT molecular complexity index is 1040. The highest BCUT2D eigenvalue weighted by atomic mass is 32.2. The van der Waals surface area contributed by atoms with E-state index < -0.39 is 27.6 Å². The van der Waals surface area contributed by atoms with E-state index in [9.17, 15) is 23.1 Å². The van der Waals surface area contributed by atoms with Crippen LogP contribution in [0.4, 0.5) is 5.69 Å². The lowest BCUT2D eigenvalue weighted by Gasteiger charge is -2.20. The Morgan fingerprint density at radius 2 is 1.70 bits per heavy atom. The fourth-order valence-electron chi connectivity index (χ4n) is 3.34. The smallest absolute Gasteiger partial charge is 0.341 e. The number of esters is 1. The van der Waals surface area contributed by atoms with E-state index in [2.05, 4.69) is 10.1 Å². The zero-order valence-corrected chi connectivity index (χ0v) is 17.4. The summed E-state index contributed by atoms with van der Waals surface area (Å²) in [7, 11) is -2.52. The van der Waals surface area contributed by atoms with E-state index in [0.717, 1.165) is 25.7 Å². The van der Waals surface area contributed by atoms with Gasteiger partial charge in [-0.15, -0.1) is 0 Å². The van der Waals surface area contributed by atoms with Crippen molar-refractivity contribution < 1.29 is 27.9 Å². The van der Waals surface area contributed by atoms with Crippen LogP contribution in [0.3, 0.4) is 0 Å². The number of anilines is 1. The van der Waals surface area contributed by atoms with Gasteiger partial charge in [0, 0.05) is 18.7 Å². The van der Waals surface area contributed by atoms with Gasteiger partial charge in [-0.05, 0) is 43.2 Å². The van der Waals surface area contributed by atoms with Crippen LogP contribution in [-0.2, 0) is 14.8 Å². The summed E-state index contributed by atoms with van der Waals surface area (Å²) in [6.45, 7) is 0.930. The normalized spacial score (nSPS) is 15.2. The number of nitrogens with one attached hydrogen (secondary N) is 1. The molecule has 1 amide bonds. The van der Waals surface area contributed by atoms with Crippen molar-refractivity contribution in [2.24, 2.45) is 0 Å². The average molecular weight is 432 g/mol. The second-order valence-electron chi connectivity index (χ2n) is 6.99. The second-order valence-corrected chi connectivity index (χ2v) is 8.93. The molecule has 0 unspecified atom stereocenters. The maximum atomic E-state index is 13.0. The standard InChI is InChI=1S/C21H24N2O6S/c1-29-21(26)17-10-7-11-18(19(17)24)22-20(25)15-8-6-9-16(14-15)30(27,28)23-12-4-2-3-5-13-23/h6-11,14,24H,2-5,12-13H2,1H3,(H,22,25). The molecule has 1 fully saturated rings. The van der Waals surface area contributed by atoms with Gasteiger partial charge in [-0.1, -0.05) is 25.0 Å². The van der Waals surface area contributed by atoms with Crippen molar-refractivity contribution in [3.63, 3.8) is 0 Å². The number of carbonyl (C=O) groups is 2. The minimum absolute atomic E-state index is 0.0173. The van der Waals surface area contributed by atoms with Gasteiger partial charge in [0.05, 0.1) is 17.7 Å². The van der Waals surface area contributed by atoms with Crippen LogP contribution in [-0.4, -0.2) is 49.9 Å². The van der Waals surface area contributed by atoms with Gasteiger partial charge in [-0.3, -0.25) is 4.79 Å². The molecule has 1 saturated heterocycles. The van der Waals surface area contributed by atoms with Crippen LogP contribution in [0.2, 0.25) is 0 Å². The van der Waals surface area contributed by atoms with Crippen LogP contribution >= 0.6 is 0 Å². The maximum Gasteiger partial charge on any atom is 0.341 e. The molecular formula is C21H24N2O6S. The summed E-state index contributed by atoms with van der Waals surface area (Å²) in [6.07, 6.45) is 3.63. The van der Waals surface area contributed by atoms with Crippen LogP contribution in [0.1, 0.15) is 46.4 Å². The topological polar surface area (TPSA) is 113 Å². The van der Waals surface area contributed by atoms with E-state index >= 15 is 0 Å². The molecule has 0 aromatic heterocycles. The summed E-state index contributed by atoms with van der Waals surface area (Å²) < 4.78 is 32.0. The number of nitrogens with zero attached hydrogens (tertiary/aromatic N) is 1. The van der Waals surface area contributed by atoms with Crippen LogP contribution in [0.25, 0.3) is 0 Å². The third-order valence-corrected chi connectivity index (χ3v) is 6.88. The molecular weight excluding hydrogens is 408 g/mol. The van der Waals surface area contributed by atoms with Gasteiger partial charge in [-0.25, -0.2) is 13.2 Å². The summed E-state index contributed by atoms with van der Waals surface area (Å²) in [5, 5.41) is 12.8. The molecule has 8 nitrogen and oxygen atoms in total. The van der Waals surface area contributed by atoms with Gasteiger partial charge in [-0.2, -0.15) is 4.31 Å². The number of para-hydroxylation sites is 1. The third kappa shape index (κ3) is 4.63. The quantitative estimate of drug-likeness (QED) is 0.555. The third-order valence-electron chi connectivity index (χ3n) is 4.99. The number of aromatic hydroxyl groups is 1. The predicted octanol–water partition coefficient (Wildman–Crippen LogP) is 3.00. The molecule has 2 N–H and O–H groups in total. The Labute approximate surface area is 175 Å². The number of rotatable bonds is 5. The first-order valence-electron chi connectivity index (χ1n) is 9.66. The molecule has 0 saturated carbocycles. The molecule has 30 heavy (non-hydrogen) atoms. The molecule has 160 valence electrons. The van der Waals surface area contributed by atoms with E-state index in [1.165, 1.54) is 53.9 Å². The first kappa shape index (κ1) is 21.8. The fourth-order valence-corrected chi connectivity index (χ4v) is 4.91. The van der Waals surface area contributed by atoms with Crippen molar-refractivity contribution in [3.05, 3.63) is 53.6 Å². The number of carbonyl (C=O) groups excluding carboxylic acids is 2. The number of phenolic OH excluding ortho intramolecular Hbond substituents is 1. The van der Waals surface area contributed by atoms with Gasteiger partial charge < -0.3 is 15.2 Å². The Morgan fingerprint density at radius 1 is 1.03 bits per heavy atom. The predicted molar refractivity (Wildman–Crippen MR) is 111 cm³/mol. The molecule has 1 aliphatic heterocycles. The number of sulfonamides is 1. The van der Waals surface area contributed by atoms with Crippen molar-refractivity contribution in [1.82, 2.24) is 4.31 Å². The van der Waals surface area contributed by atoms with Gasteiger partial charge >= 0.3 is 5.97 Å². The molecule has 9 heteroatoms. The lowest BCUT2D eigenvalue weighted by molar-refractivity contribution is 0.0597. The minimum atomic E-state index is -3.70. The zero-order chi connectivity index (χ0) is 21.7. The van der Waals surface area contributed by atoms with Crippen molar-refractivity contribution in [3.8, 4) is 5.75 Å². The Hall–Kier alpha value is -2.91. The van der Waals surface area contributed by atoms with E-state index in [1.807, 2.05) is 0 Å². The molecule has 0 bridgehead atoms. The summed E-state index contributed by atoms with van der Waals surface area (Å²) in [6, 6.07) is 10.1. The maximum absolute atomic E-state index is 13.0. The number of phenols is 1. The first-order valence-corrected chi connectivity index (χ1v) is 11.1. The van der Waals surface area contributed by atoms with Gasteiger partial charge in [0.2, 0.25) is 10.0 Å². The number of methoxy groups -OCH3 is 1. The van der Waals surface area contributed by atoms with Crippen LogP contribution in [0.15, 0.2) is 47.4 Å². The highest BCUT2D eigenvalue weighted by Gasteiger charge is 2.26. The van der Waals surface area contributed by atoms with Crippen molar-refractivity contribution in [1.29, 1.82) is 0 Å². The van der Waals surface area contributed by atoms with Crippen molar-refractivity contribution in [2.75, 3.05) is 25.5 Å². The average Bonchev–Trinajstić information content (AvgIpc) is 3.05. The van der Waals surface area contributed by atoms with Crippen molar-refractivity contribution >= 4 is 27.6 Å². The first-order chi connectivity index (χ1) is 14.3. The molecule has 0 radical (unpaired) electrons. The van der Waals surface area contributed by atoms with E-state index in [1.54, 1.807) is 0 Å². The molecule has 3 rings (SSSR count). The van der Waals surface area contributed by atoms with Crippen LogP contribution < -0.4 is 5.32 Å². The summed E-state index contributed by atoms with van der Waals surface area (Å²) in [5.41, 5.74) is 0.0465. The Balaban J connectivity index is 1.84. The summed E-state index contributed by atoms with van der Waals surface area (Å²) in [5.74, 6) is -1.78. The number of benzene rings is 2. The van der Waals surface area contributed by atoms with Crippen LogP contribution in [0, 0.1) is 0 Å².